The number of hydrogen-bond donors (Lipinski definition) is 0. The number of aromatic nitrogens is 4. The SMILES string of the molecule is COc1cccc(-c2ccc3nc([C@H]4CCCN(Cc5ccccn5)C4)nn3c2)c1OC. The van der Waals surface area contributed by atoms with Crippen LogP contribution in [-0.4, -0.2) is 51.8 Å². The van der Waals surface area contributed by atoms with Crippen LogP contribution in [0.5, 0.6) is 11.5 Å². The van der Waals surface area contributed by atoms with Crippen molar-refractivity contribution in [1.82, 2.24) is 24.5 Å². The third-order valence-electron chi connectivity index (χ3n) is 6.04. The lowest BCUT2D eigenvalue weighted by atomic mass is 9.97. The van der Waals surface area contributed by atoms with Crippen LogP contribution in [0.25, 0.3) is 16.8 Å². The van der Waals surface area contributed by atoms with Crippen LogP contribution in [-0.2, 0) is 6.54 Å². The summed E-state index contributed by atoms with van der Waals surface area (Å²) in [7, 11) is 3.31. The third kappa shape index (κ3) is 4.03. The van der Waals surface area contributed by atoms with Gasteiger partial charge in [0.15, 0.2) is 23.0 Å². The van der Waals surface area contributed by atoms with E-state index in [1.165, 1.54) is 0 Å². The van der Waals surface area contributed by atoms with Crippen LogP contribution in [0.15, 0.2) is 60.9 Å². The molecule has 0 aliphatic carbocycles. The highest BCUT2D eigenvalue weighted by Gasteiger charge is 2.25. The number of piperidine rings is 1. The van der Waals surface area contributed by atoms with E-state index in [-0.39, 0.29) is 0 Å². The highest BCUT2D eigenvalue weighted by Crippen LogP contribution is 2.37. The largest absolute Gasteiger partial charge is 0.493 e. The van der Waals surface area contributed by atoms with Gasteiger partial charge < -0.3 is 9.47 Å². The fraction of sp³-hybridized carbons (Fsp3) is 0.320. The molecule has 1 fully saturated rings. The Morgan fingerprint density at radius 3 is 2.78 bits per heavy atom. The van der Waals surface area contributed by atoms with Crippen molar-refractivity contribution >= 4 is 5.65 Å². The van der Waals surface area contributed by atoms with Gasteiger partial charge in [-0.1, -0.05) is 18.2 Å². The summed E-state index contributed by atoms with van der Waals surface area (Å²) in [6.07, 6.45) is 6.11. The maximum absolute atomic E-state index is 5.61. The van der Waals surface area contributed by atoms with Gasteiger partial charge in [-0.25, -0.2) is 9.50 Å². The standard InChI is InChI=1S/C25H27N5O2/c1-31-22-10-5-9-21(24(22)32-2)18-11-12-23-27-25(28-30(23)16-18)19-7-6-14-29(15-19)17-20-8-3-4-13-26-20/h3-5,8-13,16,19H,6-7,14-15,17H2,1-2H3/t19-/m0/s1. The number of methoxy groups -OCH3 is 2. The number of para-hydroxylation sites is 1. The number of rotatable bonds is 6. The zero-order valence-corrected chi connectivity index (χ0v) is 18.4. The number of pyridine rings is 2. The minimum atomic E-state index is 0.321. The zero-order chi connectivity index (χ0) is 21.9. The molecule has 1 aromatic carbocycles. The molecule has 7 heteroatoms. The number of fused-ring (bicyclic) bond motifs is 1. The first-order valence-corrected chi connectivity index (χ1v) is 10.9. The molecule has 0 N–H and O–H groups in total. The monoisotopic (exact) mass is 429 g/mol. The lowest BCUT2D eigenvalue weighted by Crippen LogP contribution is -2.34. The van der Waals surface area contributed by atoms with Gasteiger partial charge in [-0.15, -0.1) is 0 Å². The zero-order valence-electron chi connectivity index (χ0n) is 18.4. The molecule has 1 saturated heterocycles. The molecule has 0 radical (unpaired) electrons. The van der Waals surface area contributed by atoms with Gasteiger partial charge in [-0.05, 0) is 49.7 Å². The second kappa shape index (κ2) is 8.96. The Kier molecular flexibility index (Phi) is 5.73. The average Bonchev–Trinajstić information content (AvgIpc) is 3.28. The van der Waals surface area contributed by atoms with Crippen LogP contribution in [0.4, 0.5) is 0 Å². The van der Waals surface area contributed by atoms with E-state index in [4.69, 9.17) is 19.6 Å². The molecule has 1 aliphatic heterocycles. The molecule has 1 aliphatic rings. The van der Waals surface area contributed by atoms with Crippen molar-refractivity contribution in [2.75, 3.05) is 27.3 Å². The number of nitrogens with zero attached hydrogens (tertiary/aromatic N) is 5. The van der Waals surface area contributed by atoms with E-state index in [9.17, 15) is 0 Å². The van der Waals surface area contributed by atoms with Crippen molar-refractivity contribution in [2.45, 2.75) is 25.3 Å². The first-order valence-electron chi connectivity index (χ1n) is 10.9. The van der Waals surface area contributed by atoms with Crippen LogP contribution >= 0.6 is 0 Å². The molecule has 7 nitrogen and oxygen atoms in total. The van der Waals surface area contributed by atoms with E-state index in [1.807, 2.05) is 53.3 Å². The van der Waals surface area contributed by atoms with E-state index in [0.717, 1.165) is 60.8 Å². The van der Waals surface area contributed by atoms with Crippen molar-refractivity contribution in [2.24, 2.45) is 0 Å². The molecule has 5 rings (SSSR count). The lowest BCUT2D eigenvalue weighted by molar-refractivity contribution is 0.194. The van der Waals surface area contributed by atoms with Crippen LogP contribution in [0.1, 0.15) is 30.3 Å². The molecule has 0 bridgehead atoms. The van der Waals surface area contributed by atoms with Crippen molar-refractivity contribution < 1.29 is 9.47 Å². The van der Waals surface area contributed by atoms with E-state index < -0.39 is 0 Å². The van der Waals surface area contributed by atoms with Gasteiger partial charge >= 0.3 is 0 Å². The van der Waals surface area contributed by atoms with Crippen molar-refractivity contribution in [3.05, 3.63) is 72.4 Å². The maximum Gasteiger partial charge on any atom is 0.168 e. The predicted octanol–water partition coefficient (Wildman–Crippen LogP) is 4.19. The molecule has 4 heterocycles. The Labute approximate surface area is 187 Å². The number of likely N-dealkylation sites (tertiary alicyclic amines) is 1. The van der Waals surface area contributed by atoms with Crippen molar-refractivity contribution in [1.29, 1.82) is 0 Å². The minimum absolute atomic E-state index is 0.321. The molecule has 1 atom stereocenters. The normalized spacial score (nSPS) is 16.9. The van der Waals surface area contributed by atoms with Crippen LogP contribution in [0, 0.1) is 0 Å². The summed E-state index contributed by atoms with van der Waals surface area (Å²) >= 11 is 0. The topological polar surface area (TPSA) is 64.8 Å². The summed E-state index contributed by atoms with van der Waals surface area (Å²) in [6, 6.07) is 16.0. The Bertz CT molecular complexity index is 1210. The van der Waals surface area contributed by atoms with E-state index in [1.54, 1.807) is 14.2 Å². The molecule has 4 aromatic rings. The number of ether oxygens (including phenoxy) is 2. The maximum atomic E-state index is 5.61. The smallest absolute Gasteiger partial charge is 0.168 e. The summed E-state index contributed by atoms with van der Waals surface area (Å²) in [6.45, 7) is 2.90. The molecule has 0 unspecified atom stereocenters. The second-order valence-corrected chi connectivity index (χ2v) is 8.13. The Morgan fingerprint density at radius 1 is 1.03 bits per heavy atom. The Hall–Kier alpha value is -3.45. The first kappa shape index (κ1) is 20.5. The third-order valence-corrected chi connectivity index (χ3v) is 6.04. The van der Waals surface area contributed by atoms with Gasteiger partial charge in [0, 0.05) is 42.5 Å². The van der Waals surface area contributed by atoms with Crippen LogP contribution in [0.3, 0.4) is 0 Å². The van der Waals surface area contributed by atoms with E-state index >= 15 is 0 Å². The summed E-state index contributed by atoms with van der Waals surface area (Å²) < 4.78 is 12.9. The van der Waals surface area contributed by atoms with Crippen LogP contribution in [0.2, 0.25) is 0 Å². The van der Waals surface area contributed by atoms with Gasteiger partial charge in [0.25, 0.3) is 0 Å². The summed E-state index contributed by atoms with van der Waals surface area (Å²) in [5, 5.41) is 4.85. The molecule has 0 spiro atoms. The lowest BCUT2D eigenvalue weighted by Gasteiger charge is -2.31. The molecule has 164 valence electrons. The highest BCUT2D eigenvalue weighted by molar-refractivity contribution is 5.74. The fourth-order valence-corrected chi connectivity index (χ4v) is 4.48. The summed E-state index contributed by atoms with van der Waals surface area (Å²) in [5.74, 6) is 2.65. The quantitative estimate of drug-likeness (QED) is 0.458. The minimum Gasteiger partial charge on any atom is -0.493 e. The van der Waals surface area contributed by atoms with Gasteiger partial charge in [0.05, 0.1) is 19.9 Å². The molecule has 0 amide bonds. The second-order valence-electron chi connectivity index (χ2n) is 8.13. The number of benzene rings is 1. The molecule has 0 saturated carbocycles. The Balaban J connectivity index is 1.40. The summed E-state index contributed by atoms with van der Waals surface area (Å²) in [4.78, 5) is 11.8. The molecule has 3 aromatic heterocycles. The highest BCUT2D eigenvalue weighted by atomic mass is 16.5. The van der Waals surface area contributed by atoms with E-state index in [2.05, 4.69) is 22.0 Å². The fourth-order valence-electron chi connectivity index (χ4n) is 4.48. The van der Waals surface area contributed by atoms with Gasteiger partial charge in [-0.3, -0.25) is 9.88 Å². The predicted molar refractivity (Wildman–Crippen MR) is 123 cm³/mol. The average molecular weight is 430 g/mol. The van der Waals surface area contributed by atoms with Crippen LogP contribution < -0.4 is 9.47 Å². The molecular weight excluding hydrogens is 402 g/mol. The van der Waals surface area contributed by atoms with Gasteiger partial charge in [0.1, 0.15) is 0 Å². The number of hydrogen-bond acceptors (Lipinski definition) is 6. The first-order chi connectivity index (χ1) is 15.7. The van der Waals surface area contributed by atoms with Gasteiger partial charge in [-0.2, -0.15) is 5.10 Å². The van der Waals surface area contributed by atoms with Crippen molar-refractivity contribution in [3.8, 4) is 22.6 Å². The molecular formula is C25H27N5O2. The van der Waals surface area contributed by atoms with Crippen molar-refractivity contribution in [3.63, 3.8) is 0 Å². The summed E-state index contributed by atoms with van der Waals surface area (Å²) in [5.41, 5.74) is 3.93. The molecule has 32 heavy (non-hydrogen) atoms. The van der Waals surface area contributed by atoms with Gasteiger partial charge in [0.2, 0.25) is 0 Å². The Morgan fingerprint density at radius 2 is 1.97 bits per heavy atom. The van der Waals surface area contributed by atoms with E-state index in [0.29, 0.717) is 17.4 Å².